The number of tetrazole rings is 1. The number of carbonyl (C=O) groups is 1. The summed E-state index contributed by atoms with van der Waals surface area (Å²) in [7, 11) is 0. The van der Waals surface area contributed by atoms with Crippen molar-refractivity contribution in [1.29, 1.82) is 0 Å². The SMILES string of the molecule is CCCCc1nn(CC)c(C=O)c1Cc1ccc(-c2ccccc2)c(-c2nnn[nH]2)c1. The summed E-state index contributed by atoms with van der Waals surface area (Å²) in [6.45, 7) is 4.85. The fourth-order valence-corrected chi connectivity index (χ4v) is 3.92. The summed E-state index contributed by atoms with van der Waals surface area (Å²) in [5.41, 5.74) is 6.86. The van der Waals surface area contributed by atoms with E-state index in [4.69, 9.17) is 5.10 Å². The van der Waals surface area contributed by atoms with E-state index in [1.807, 2.05) is 29.8 Å². The summed E-state index contributed by atoms with van der Waals surface area (Å²) in [6, 6.07) is 16.5. The number of H-pyrrole nitrogens is 1. The highest BCUT2D eigenvalue weighted by Crippen LogP contribution is 2.32. The summed E-state index contributed by atoms with van der Waals surface area (Å²) in [6.07, 6.45) is 4.58. The van der Waals surface area contributed by atoms with Gasteiger partial charge in [-0.25, -0.2) is 5.10 Å². The second-order valence-corrected chi connectivity index (χ2v) is 7.52. The average molecular weight is 415 g/mol. The van der Waals surface area contributed by atoms with Gasteiger partial charge in [0.1, 0.15) is 5.69 Å². The molecule has 0 aliphatic carbocycles. The number of aromatic nitrogens is 6. The minimum Gasteiger partial charge on any atom is -0.296 e. The fraction of sp³-hybridized carbons (Fsp3) is 0.292. The monoisotopic (exact) mass is 414 g/mol. The molecule has 0 saturated heterocycles. The molecular weight excluding hydrogens is 388 g/mol. The van der Waals surface area contributed by atoms with Crippen molar-refractivity contribution in [3.63, 3.8) is 0 Å². The van der Waals surface area contributed by atoms with Crippen LogP contribution >= 0.6 is 0 Å². The smallest absolute Gasteiger partial charge is 0.180 e. The van der Waals surface area contributed by atoms with Gasteiger partial charge in [-0.1, -0.05) is 55.8 Å². The van der Waals surface area contributed by atoms with Gasteiger partial charge in [-0.3, -0.25) is 9.48 Å². The van der Waals surface area contributed by atoms with Gasteiger partial charge in [0.15, 0.2) is 12.1 Å². The van der Waals surface area contributed by atoms with Crippen molar-refractivity contribution in [3.05, 3.63) is 71.0 Å². The predicted octanol–water partition coefficient (Wildman–Crippen LogP) is 4.50. The van der Waals surface area contributed by atoms with E-state index in [9.17, 15) is 4.79 Å². The third kappa shape index (κ3) is 4.30. The van der Waals surface area contributed by atoms with E-state index in [0.717, 1.165) is 59.1 Å². The molecule has 7 nitrogen and oxygen atoms in total. The maximum absolute atomic E-state index is 11.9. The number of nitrogens with zero attached hydrogens (tertiary/aromatic N) is 5. The average Bonchev–Trinajstić information content (AvgIpc) is 3.46. The molecule has 2 heterocycles. The quantitative estimate of drug-likeness (QED) is 0.408. The molecule has 0 amide bonds. The number of aryl methyl sites for hydroxylation is 2. The molecule has 31 heavy (non-hydrogen) atoms. The maximum Gasteiger partial charge on any atom is 0.180 e. The molecule has 0 spiro atoms. The van der Waals surface area contributed by atoms with Crippen LogP contribution in [0.4, 0.5) is 0 Å². The van der Waals surface area contributed by atoms with Crippen LogP contribution < -0.4 is 0 Å². The van der Waals surface area contributed by atoms with E-state index in [1.54, 1.807) is 0 Å². The summed E-state index contributed by atoms with van der Waals surface area (Å²) in [5.74, 6) is 0.617. The molecule has 0 radical (unpaired) electrons. The Balaban J connectivity index is 1.77. The van der Waals surface area contributed by atoms with Gasteiger partial charge in [-0.05, 0) is 52.9 Å². The van der Waals surface area contributed by atoms with Crippen LogP contribution in [0.1, 0.15) is 54.0 Å². The van der Waals surface area contributed by atoms with Crippen molar-refractivity contribution in [2.75, 3.05) is 0 Å². The van der Waals surface area contributed by atoms with Crippen molar-refractivity contribution in [2.45, 2.75) is 46.1 Å². The first kappa shape index (κ1) is 20.7. The van der Waals surface area contributed by atoms with Gasteiger partial charge >= 0.3 is 0 Å². The van der Waals surface area contributed by atoms with E-state index < -0.39 is 0 Å². The van der Waals surface area contributed by atoms with Crippen LogP contribution in [0.15, 0.2) is 48.5 Å². The van der Waals surface area contributed by atoms with Crippen LogP contribution in [0, 0.1) is 0 Å². The van der Waals surface area contributed by atoms with Crippen LogP contribution in [-0.2, 0) is 19.4 Å². The minimum absolute atomic E-state index is 0.617. The highest BCUT2D eigenvalue weighted by molar-refractivity contribution is 5.81. The van der Waals surface area contributed by atoms with Gasteiger partial charge in [-0.2, -0.15) is 5.10 Å². The van der Waals surface area contributed by atoms with Gasteiger partial charge in [0, 0.05) is 24.1 Å². The minimum atomic E-state index is 0.617. The molecule has 2 aromatic carbocycles. The molecule has 0 unspecified atom stereocenters. The predicted molar refractivity (Wildman–Crippen MR) is 120 cm³/mol. The Bertz CT molecular complexity index is 1150. The number of unbranched alkanes of at least 4 members (excludes halogenated alkanes) is 1. The Hall–Kier alpha value is -3.61. The summed E-state index contributed by atoms with van der Waals surface area (Å²) in [5, 5.41) is 19.3. The van der Waals surface area contributed by atoms with Gasteiger partial charge < -0.3 is 0 Å². The van der Waals surface area contributed by atoms with Gasteiger partial charge in [-0.15, -0.1) is 5.10 Å². The van der Waals surface area contributed by atoms with Crippen LogP contribution in [0.3, 0.4) is 0 Å². The molecule has 2 aromatic heterocycles. The molecule has 1 N–H and O–H groups in total. The Kier molecular flexibility index (Phi) is 6.31. The van der Waals surface area contributed by atoms with E-state index in [-0.39, 0.29) is 0 Å². The van der Waals surface area contributed by atoms with E-state index >= 15 is 0 Å². The molecule has 0 fully saturated rings. The van der Waals surface area contributed by atoms with Crippen molar-refractivity contribution >= 4 is 6.29 Å². The second-order valence-electron chi connectivity index (χ2n) is 7.52. The van der Waals surface area contributed by atoms with Crippen LogP contribution in [0.5, 0.6) is 0 Å². The van der Waals surface area contributed by atoms with Crippen molar-refractivity contribution in [3.8, 4) is 22.5 Å². The van der Waals surface area contributed by atoms with Gasteiger partial charge in [0.05, 0.1) is 5.69 Å². The number of aromatic amines is 1. The number of nitrogens with one attached hydrogen (secondary N) is 1. The fourth-order valence-electron chi connectivity index (χ4n) is 3.92. The number of aldehydes is 1. The molecule has 0 atom stereocenters. The first-order valence-electron chi connectivity index (χ1n) is 10.7. The molecule has 0 saturated carbocycles. The molecule has 0 aliphatic rings. The van der Waals surface area contributed by atoms with E-state index in [0.29, 0.717) is 24.5 Å². The Labute approximate surface area is 181 Å². The molecule has 7 heteroatoms. The molecule has 4 aromatic rings. The third-order valence-corrected chi connectivity index (χ3v) is 5.51. The lowest BCUT2D eigenvalue weighted by molar-refractivity contribution is 0.111. The standard InChI is InChI=1S/C24H26N6O/c1-3-5-11-22-21(23(16-31)30(4-2)27-22)15-17-12-13-19(18-9-7-6-8-10-18)20(14-17)24-25-28-29-26-24/h6-10,12-14,16H,3-5,11,15H2,1-2H3,(H,25,26,28,29). The molecule has 0 aliphatic heterocycles. The number of hydrogen-bond acceptors (Lipinski definition) is 5. The zero-order valence-electron chi connectivity index (χ0n) is 17.9. The number of hydrogen-bond donors (Lipinski definition) is 1. The largest absolute Gasteiger partial charge is 0.296 e. The lowest BCUT2D eigenvalue weighted by Gasteiger charge is -2.11. The highest BCUT2D eigenvalue weighted by atomic mass is 16.1. The first-order valence-corrected chi connectivity index (χ1v) is 10.7. The Morgan fingerprint density at radius 1 is 1.06 bits per heavy atom. The van der Waals surface area contributed by atoms with Crippen molar-refractivity contribution in [2.24, 2.45) is 0 Å². The van der Waals surface area contributed by atoms with Crippen LogP contribution in [-0.4, -0.2) is 36.7 Å². The molecule has 0 bridgehead atoms. The number of rotatable bonds is 9. The lowest BCUT2D eigenvalue weighted by Crippen LogP contribution is -2.03. The Morgan fingerprint density at radius 2 is 1.90 bits per heavy atom. The summed E-state index contributed by atoms with van der Waals surface area (Å²) in [4.78, 5) is 11.9. The van der Waals surface area contributed by atoms with Crippen molar-refractivity contribution < 1.29 is 4.79 Å². The molecule has 4 rings (SSSR count). The zero-order chi connectivity index (χ0) is 21.6. The van der Waals surface area contributed by atoms with Crippen LogP contribution in [0.2, 0.25) is 0 Å². The normalized spacial score (nSPS) is 11.0. The summed E-state index contributed by atoms with van der Waals surface area (Å²) < 4.78 is 1.81. The zero-order valence-corrected chi connectivity index (χ0v) is 17.9. The van der Waals surface area contributed by atoms with E-state index in [1.165, 1.54) is 0 Å². The molecular formula is C24H26N6O. The first-order chi connectivity index (χ1) is 15.2. The van der Waals surface area contributed by atoms with Crippen LogP contribution in [0.25, 0.3) is 22.5 Å². The topological polar surface area (TPSA) is 89.3 Å². The molecule has 158 valence electrons. The van der Waals surface area contributed by atoms with Crippen molar-refractivity contribution in [1.82, 2.24) is 30.4 Å². The van der Waals surface area contributed by atoms with Gasteiger partial charge in [0.2, 0.25) is 0 Å². The number of carbonyl (C=O) groups excluding carboxylic acids is 1. The lowest BCUT2D eigenvalue weighted by atomic mass is 9.93. The van der Waals surface area contributed by atoms with Gasteiger partial charge in [0.25, 0.3) is 0 Å². The highest BCUT2D eigenvalue weighted by Gasteiger charge is 2.18. The third-order valence-electron chi connectivity index (χ3n) is 5.51. The number of benzene rings is 2. The maximum atomic E-state index is 11.9. The Morgan fingerprint density at radius 3 is 2.58 bits per heavy atom. The second kappa shape index (κ2) is 9.47. The van der Waals surface area contributed by atoms with E-state index in [2.05, 4.69) is 57.9 Å². The summed E-state index contributed by atoms with van der Waals surface area (Å²) >= 11 is 0.